The summed E-state index contributed by atoms with van der Waals surface area (Å²) in [7, 11) is 4.53. The lowest BCUT2D eigenvalue weighted by molar-refractivity contribution is -0.118. The zero-order valence-electron chi connectivity index (χ0n) is 20.1. The number of rotatable bonds is 10. The molecule has 3 rings (SSSR count). The number of hydrogen-bond donors (Lipinski definition) is 2. The zero-order valence-corrected chi connectivity index (χ0v) is 20.1. The highest BCUT2D eigenvalue weighted by Gasteiger charge is 2.21. The zero-order chi connectivity index (χ0) is 25.2. The van der Waals surface area contributed by atoms with Gasteiger partial charge in [0.15, 0.2) is 11.5 Å². The smallest absolute Gasteiger partial charge is 0.261 e. The monoisotopic (exact) mass is 476 g/mol. The second kappa shape index (κ2) is 12.1. The molecule has 3 aromatic rings. The van der Waals surface area contributed by atoms with E-state index in [1.54, 1.807) is 66.7 Å². The summed E-state index contributed by atoms with van der Waals surface area (Å²) in [6.07, 6.45) is 1.48. The van der Waals surface area contributed by atoms with Gasteiger partial charge in [0.25, 0.3) is 11.8 Å². The Labute approximate surface area is 204 Å². The Balaban J connectivity index is 2.00. The van der Waals surface area contributed by atoms with Crippen molar-refractivity contribution in [3.8, 4) is 23.0 Å². The van der Waals surface area contributed by atoms with Crippen LogP contribution in [0.4, 0.5) is 11.4 Å². The fourth-order valence-corrected chi connectivity index (χ4v) is 3.32. The van der Waals surface area contributed by atoms with Gasteiger partial charge in [-0.25, -0.2) is 0 Å². The summed E-state index contributed by atoms with van der Waals surface area (Å²) in [4.78, 5) is 26.6. The molecule has 0 radical (unpaired) electrons. The highest BCUT2D eigenvalue weighted by atomic mass is 16.5. The molecule has 0 atom stereocenters. The van der Waals surface area contributed by atoms with Gasteiger partial charge in [-0.2, -0.15) is 0 Å². The third kappa shape index (κ3) is 6.32. The standard InChI is InChI=1S/C27H28N2O6/c1-5-35-24-15-14-18(17-25(24)34-4)16-19(26(30)28-20-10-6-8-12-22(20)32-2)27(31)29-21-11-7-9-13-23(21)33-3/h6-17H,5H2,1-4H3,(H,28,30)(H,29,31). The molecule has 0 heterocycles. The maximum Gasteiger partial charge on any atom is 0.261 e. The predicted molar refractivity (Wildman–Crippen MR) is 135 cm³/mol. The molecule has 182 valence electrons. The van der Waals surface area contributed by atoms with Crippen molar-refractivity contribution >= 4 is 29.3 Å². The van der Waals surface area contributed by atoms with Crippen molar-refractivity contribution in [3.05, 3.63) is 77.9 Å². The highest BCUT2D eigenvalue weighted by Crippen LogP contribution is 2.30. The normalized spacial score (nSPS) is 10.1. The molecule has 3 aromatic carbocycles. The molecule has 0 aromatic heterocycles. The van der Waals surface area contributed by atoms with Gasteiger partial charge in [-0.1, -0.05) is 30.3 Å². The first-order valence-corrected chi connectivity index (χ1v) is 10.9. The molecule has 0 aliphatic heterocycles. The molecule has 2 N–H and O–H groups in total. The maximum absolute atomic E-state index is 13.3. The van der Waals surface area contributed by atoms with Crippen LogP contribution in [0, 0.1) is 0 Å². The Kier molecular flexibility index (Phi) is 8.72. The molecule has 0 aliphatic carbocycles. The van der Waals surface area contributed by atoms with Gasteiger partial charge in [0.2, 0.25) is 0 Å². The average molecular weight is 477 g/mol. The molecule has 0 fully saturated rings. The number of methoxy groups -OCH3 is 3. The molecule has 2 amide bonds. The number of anilines is 2. The molecule has 0 spiro atoms. The van der Waals surface area contributed by atoms with Crippen LogP contribution in [-0.4, -0.2) is 39.8 Å². The summed E-state index contributed by atoms with van der Waals surface area (Å²) in [5.74, 6) is 0.742. The Morgan fingerprint density at radius 3 is 1.71 bits per heavy atom. The van der Waals surface area contributed by atoms with E-state index in [4.69, 9.17) is 18.9 Å². The molecule has 0 saturated carbocycles. The fraction of sp³-hybridized carbons (Fsp3) is 0.185. The van der Waals surface area contributed by atoms with Crippen LogP contribution < -0.4 is 29.6 Å². The molecule has 0 saturated heterocycles. The molecule has 0 bridgehead atoms. The Morgan fingerprint density at radius 1 is 0.714 bits per heavy atom. The van der Waals surface area contributed by atoms with Crippen LogP contribution in [0.3, 0.4) is 0 Å². The number of hydrogen-bond acceptors (Lipinski definition) is 6. The van der Waals surface area contributed by atoms with Crippen LogP contribution in [0.2, 0.25) is 0 Å². The van der Waals surface area contributed by atoms with Crippen molar-refractivity contribution in [2.45, 2.75) is 6.92 Å². The summed E-state index contributed by atoms with van der Waals surface area (Å²) in [5, 5.41) is 5.51. The molecule has 35 heavy (non-hydrogen) atoms. The van der Waals surface area contributed by atoms with Crippen LogP contribution >= 0.6 is 0 Å². The maximum atomic E-state index is 13.3. The van der Waals surface area contributed by atoms with E-state index in [-0.39, 0.29) is 5.57 Å². The SMILES string of the molecule is CCOc1ccc(C=C(C(=O)Nc2ccccc2OC)C(=O)Nc2ccccc2OC)cc1OC. The second-order valence-electron chi connectivity index (χ2n) is 7.21. The molecule has 0 unspecified atom stereocenters. The quantitative estimate of drug-likeness (QED) is 0.249. The van der Waals surface area contributed by atoms with Crippen molar-refractivity contribution in [2.24, 2.45) is 0 Å². The van der Waals surface area contributed by atoms with E-state index in [9.17, 15) is 9.59 Å². The first-order valence-electron chi connectivity index (χ1n) is 10.9. The van der Waals surface area contributed by atoms with Gasteiger partial charge in [0.1, 0.15) is 17.1 Å². The van der Waals surface area contributed by atoms with Crippen LogP contribution in [-0.2, 0) is 9.59 Å². The molecular formula is C27H28N2O6. The highest BCUT2D eigenvalue weighted by molar-refractivity contribution is 6.29. The van der Waals surface area contributed by atoms with Gasteiger partial charge >= 0.3 is 0 Å². The number of carbonyl (C=O) groups is 2. The van der Waals surface area contributed by atoms with E-state index in [1.165, 1.54) is 27.4 Å². The number of nitrogens with one attached hydrogen (secondary N) is 2. The van der Waals surface area contributed by atoms with Gasteiger partial charge < -0.3 is 29.6 Å². The van der Waals surface area contributed by atoms with Gasteiger partial charge in [0.05, 0.1) is 39.3 Å². The minimum Gasteiger partial charge on any atom is -0.495 e. The summed E-state index contributed by atoms with van der Waals surface area (Å²) < 4.78 is 21.6. The first kappa shape index (κ1) is 25.2. The van der Waals surface area contributed by atoms with E-state index < -0.39 is 11.8 Å². The van der Waals surface area contributed by atoms with Crippen LogP contribution in [0.5, 0.6) is 23.0 Å². The predicted octanol–water partition coefficient (Wildman–Crippen LogP) is 4.77. The van der Waals surface area contributed by atoms with Crippen molar-refractivity contribution in [3.63, 3.8) is 0 Å². The molecule has 8 heteroatoms. The second-order valence-corrected chi connectivity index (χ2v) is 7.21. The molecular weight excluding hydrogens is 448 g/mol. The van der Waals surface area contributed by atoms with Gasteiger partial charge in [-0.3, -0.25) is 9.59 Å². The van der Waals surface area contributed by atoms with Crippen molar-refractivity contribution in [2.75, 3.05) is 38.6 Å². The minimum absolute atomic E-state index is 0.131. The fourth-order valence-electron chi connectivity index (χ4n) is 3.32. The van der Waals surface area contributed by atoms with Crippen LogP contribution in [0.1, 0.15) is 12.5 Å². The summed E-state index contributed by atoms with van der Waals surface area (Å²) in [6.45, 7) is 2.34. The lowest BCUT2D eigenvalue weighted by Gasteiger charge is -2.14. The third-order valence-corrected chi connectivity index (χ3v) is 5.00. The molecule has 8 nitrogen and oxygen atoms in total. The van der Waals surface area contributed by atoms with E-state index in [0.29, 0.717) is 46.5 Å². The largest absolute Gasteiger partial charge is 0.495 e. The van der Waals surface area contributed by atoms with Crippen molar-refractivity contribution < 1.29 is 28.5 Å². The van der Waals surface area contributed by atoms with E-state index in [1.807, 2.05) is 6.92 Å². The number of carbonyl (C=O) groups excluding carboxylic acids is 2. The summed E-state index contributed by atoms with van der Waals surface area (Å²) in [6, 6.07) is 19.0. The Bertz CT molecular complexity index is 1160. The minimum atomic E-state index is -0.616. The number of amides is 2. The van der Waals surface area contributed by atoms with Crippen molar-refractivity contribution in [1.29, 1.82) is 0 Å². The third-order valence-electron chi connectivity index (χ3n) is 5.00. The first-order chi connectivity index (χ1) is 17.0. The molecule has 0 aliphatic rings. The number of para-hydroxylation sites is 4. The Hall–Kier alpha value is -4.46. The average Bonchev–Trinajstić information content (AvgIpc) is 2.88. The van der Waals surface area contributed by atoms with Crippen LogP contribution in [0.15, 0.2) is 72.3 Å². The van der Waals surface area contributed by atoms with Crippen molar-refractivity contribution in [1.82, 2.24) is 0 Å². The summed E-state index contributed by atoms with van der Waals surface area (Å²) >= 11 is 0. The van der Waals surface area contributed by atoms with Gasteiger partial charge in [0, 0.05) is 0 Å². The number of ether oxygens (including phenoxy) is 4. The number of benzene rings is 3. The summed E-state index contributed by atoms with van der Waals surface area (Å²) in [5.41, 5.74) is 1.30. The topological polar surface area (TPSA) is 95.1 Å². The van der Waals surface area contributed by atoms with Gasteiger partial charge in [-0.05, 0) is 55.0 Å². The van der Waals surface area contributed by atoms with Crippen LogP contribution in [0.25, 0.3) is 6.08 Å². The van der Waals surface area contributed by atoms with E-state index >= 15 is 0 Å². The lowest BCUT2D eigenvalue weighted by atomic mass is 10.1. The lowest BCUT2D eigenvalue weighted by Crippen LogP contribution is -2.25. The van der Waals surface area contributed by atoms with E-state index in [0.717, 1.165) is 0 Å². The van der Waals surface area contributed by atoms with E-state index in [2.05, 4.69) is 10.6 Å². The Morgan fingerprint density at radius 2 is 1.23 bits per heavy atom. The van der Waals surface area contributed by atoms with Gasteiger partial charge in [-0.15, -0.1) is 0 Å².